The van der Waals surface area contributed by atoms with E-state index in [1.54, 1.807) is 0 Å². The summed E-state index contributed by atoms with van der Waals surface area (Å²) in [5.74, 6) is 0. The molecule has 1 aliphatic rings. The van der Waals surface area contributed by atoms with E-state index in [0.717, 1.165) is 17.1 Å². The van der Waals surface area contributed by atoms with Gasteiger partial charge in [0.25, 0.3) is 0 Å². The van der Waals surface area contributed by atoms with Gasteiger partial charge in [-0.15, -0.1) is 0 Å². The molecule has 210 valence electrons. The van der Waals surface area contributed by atoms with Gasteiger partial charge in [-0.1, -0.05) is 123 Å². The van der Waals surface area contributed by atoms with Gasteiger partial charge in [0.15, 0.2) is 0 Å². The molecule has 0 radical (unpaired) electrons. The molecule has 8 rings (SSSR count). The van der Waals surface area contributed by atoms with Crippen LogP contribution >= 0.6 is 0 Å². The molecule has 1 nitrogen and oxygen atoms in total. The average molecular weight is 564 g/mol. The zero-order valence-electron chi connectivity index (χ0n) is 25.0. The maximum Gasteiger partial charge on any atom is 0.0467 e. The highest BCUT2D eigenvalue weighted by molar-refractivity contribution is 5.94. The number of fused-ring (bicyclic) bond motifs is 4. The van der Waals surface area contributed by atoms with Crippen LogP contribution in [-0.4, -0.2) is 0 Å². The summed E-state index contributed by atoms with van der Waals surface area (Å²) < 4.78 is 0. The average Bonchev–Trinajstić information content (AvgIpc) is 3.30. The van der Waals surface area contributed by atoms with Crippen LogP contribution in [0.25, 0.3) is 44.2 Å². The number of benzene rings is 7. The first-order valence-electron chi connectivity index (χ1n) is 15.4. The summed E-state index contributed by atoms with van der Waals surface area (Å²) in [5.41, 5.74) is 13.7. The standard InChI is InChI=1S/C43H33N/c1-43(2)41-25-22-35(28-39(41)40-27-33-14-9-10-15-34(33)29-42(40)43)32-16-11-19-38(26-32)44(36-17-7-4-8-18-36)37-23-20-31(21-24-37)30-12-5-3-6-13-30/h3-29H,1-2H3. The molecule has 0 aromatic heterocycles. The summed E-state index contributed by atoms with van der Waals surface area (Å²) in [6.45, 7) is 4.71. The van der Waals surface area contributed by atoms with E-state index in [9.17, 15) is 0 Å². The van der Waals surface area contributed by atoms with E-state index in [2.05, 4.69) is 183 Å². The highest BCUT2D eigenvalue weighted by Crippen LogP contribution is 2.51. The maximum absolute atomic E-state index is 2.40. The number of para-hydroxylation sites is 1. The van der Waals surface area contributed by atoms with Crippen LogP contribution in [0.4, 0.5) is 17.1 Å². The largest absolute Gasteiger partial charge is 0.310 e. The van der Waals surface area contributed by atoms with Crippen LogP contribution in [0.15, 0.2) is 164 Å². The van der Waals surface area contributed by atoms with Crippen LogP contribution in [0.2, 0.25) is 0 Å². The Bertz CT molecular complexity index is 2120. The van der Waals surface area contributed by atoms with Crippen molar-refractivity contribution in [1.29, 1.82) is 0 Å². The van der Waals surface area contributed by atoms with E-state index in [1.807, 2.05) is 0 Å². The zero-order valence-corrected chi connectivity index (χ0v) is 25.0. The molecule has 0 unspecified atom stereocenters. The molecule has 0 aliphatic heterocycles. The Morgan fingerprint density at radius 2 is 0.886 bits per heavy atom. The molecule has 0 spiro atoms. The first-order chi connectivity index (χ1) is 21.6. The Kier molecular flexibility index (Phi) is 6.20. The van der Waals surface area contributed by atoms with E-state index >= 15 is 0 Å². The lowest BCUT2D eigenvalue weighted by atomic mass is 9.81. The molecule has 0 N–H and O–H groups in total. The fraction of sp³-hybridized carbons (Fsp3) is 0.0698. The predicted octanol–water partition coefficient (Wildman–Crippen LogP) is 11.9. The van der Waals surface area contributed by atoms with E-state index in [1.165, 1.54) is 55.3 Å². The number of rotatable bonds is 5. The molecular weight excluding hydrogens is 530 g/mol. The summed E-state index contributed by atoms with van der Waals surface area (Å²) in [6.07, 6.45) is 0. The molecule has 44 heavy (non-hydrogen) atoms. The van der Waals surface area contributed by atoms with Crippen LogP contribution in [0.3, 0.4) is 0 Å². The monoisotopic (exact) mass is 563 g/mol. The molecule has 0 fully saturated rings. The van der Waals surface area contributed by atoms with Crippen molar-refractivity contribution < 1.29 is 0 Å². The molecule has 0 heterocycles. The van der Waals surface area contributed by atoms with Crippen LogP contribution in [0.1, 0.15) is 25.0 Å². The minimum Gasteiger partial charge on any atom is -0.310 e. The van der Waals surface area contributed by atoms with Crippen molar-refractivity contribution in [3.05, 3.63) is 175 Å². The second kappa shape index (κ2) is 10.4. The van der Waals surface area contributed by atoms with Crippen LogP contribution in [0.5, 0.6) is 0 Å². The Balaban J connectivity index is 1.21. The van der Waals surface area contributed by atoms with Crippen molar-refractivity contribution in [2.75, 3.05) is 4.90 Å². The fourth-order valence-corrected chi connectivity index (χ4v) is 6.90. The third-order valence-corrected chi connectivity index (χ3v) is 9.23. The molecule has 7 aromatic carbocycles. The Morgan fingerprint density at radius 3 is 1.64 bits per heavy atom. The smallest absolute Gasteiger partial charge is 0.0467 e. The molecule has 0 amide bonds. The van der Waals surface area contributed by atoms with Crippen LogP contribution in [-0.2, 0) is 5.41 Å². The SMILES string of the molecule is CC1(C)c2ccc(-c3cccc(N(c4ccccc4)c4ccc(-c5ccccc5)cc4)c3)cc2-c2cc3ccccc3cc21. The maximum atomic E-state index is 2.40. The Labute approximate surface area is 259 Å². The topological polar surface area (TPSA) is 3.24 Å². The third-order valence-electron chi connectivity index (χ3n) is 9.23. The van der Waals surface area contributed by atoms with Gasteiger partial charge in [-0.2, -0.15) is 0 Å². The van der Waals surface area contributed by atoms with E-state index in [0.29, 0.717) is 0 Å². The minimum atomic E-state index is -0.0366. The fourth-order valence-electron chi connectivity index (χ4n) is 6.90. The van der Waals surface area contributed by atoms with Gasteiger partial charge in [-0.05, 0) is 110 Å². The van der Waals surface area contributed by atoms with Gasteiger partial charge in [0.05, 0.1) is 0 Å². The summed E-state index contributed by atoms with van der Waals surface area (Å²) >= 11 is 0. The zero-order chi connectivity index (χ0) is 29.7. The van der Waals surface area contributed by atoms with Crippen molar-refractivity contribution in [3.63, 3.8) is 0 Å². The van der Waals surface area contributed by atoms with Crippen molar-refractivity contribution >= 4 is 27.8 Å². The molecule has 1 heteroatoms. The lowest BCUT2D eigenvalue weighted by Crippen LogP contribution is -2.14. The van der Waals surface area contributed by atoms with E-state index < -0.39 is 0 Å². The highest BCUT2D eigenvalue weighted by Gasteiger charge is 2.35. The van der Waals surface area contributed by atoms with Crippen molar-refractivity contribution in [3.8, 4) is 33.4 Å². The van der Waals surface area contributed by atoms with E-state index in [4.69, 9.17) is 0 Å². The van der Waals surface area contributed by atoms with E-state index in [-0.39, 0.29) is 5.41 Å². The van der Waals surface area contributed by atoms with Gasteiger partial charge in [0.2, 0.25) is 0 Å². The number of hydrogen-bond acceptors (Lipinski definition) is 1. The summed E-state index contributed by atoms with van der Waals surface area (Å²) in [7, 11) is 0. The van der Waals surface area contributed by atoms with Gasteiger partial charge in [0.1, 0.15) is 0 Å². The quantitative estimate of drug-likeness (QED) is 0.201. The van der Waals surface area contributed by atoms with Crippen LogP contribution < -0.4 is 4.90 Å². The highest BCUT2D eigenvalue weighted by atomic mass is 15.1. The van der Waals surface area contributed by atoms with Gasteiger partial charge in [0, 0.05) is 22.5 Å². The lowest BCUT2D eigenvalue weighted by Gasteiger charge is -2.26. The van der Waals surface area contributed by atoms with Crippen molar-refractivity contribution in [1.82, 2.24) is 0 Å². The summed E-state index contributed by atoms with van der Waals surface area (Å²) in [5, 5.41) is 2.59. The Hall–Kier alpha value is -5.40. The minimum absolute atomic E-state index is 0.0366. The van der Waals surface area contributed by atoms with Crippen LogP contribution in [0, 0.1) is 0 Å². The lowest BCUT2D eigenvalue weighted by molar-refractivity contribution is 0.661. The second-order valence-electron chi connectivity index (χ2n) is 12.3. The first kappa shape index (κ1) is 26.2. The molecule has 7 aromatic rings. The summed E-state index contributed by atoms with van der Waals surface area (Å²) in [6, 6.07) is 59.5. The number of nitrogens with zero attached hydrogens (tertiary/aromatic N) is 1. The molecular formula is C43H33N. The van der Waals surface area contributed by atoms with Gasteiger partial charge in [-0.3, -0.25) is 0 Å². The normalized spacial score (nSPS) is 13.0. The van der Waals surface area contributed by atoms with Crippen molar-refractivity contribution in [2.45, 2.75) is 19.3 Å². The molecule has 0 saturated heterocycles. The molecule has 0 saturated carbocycles. The van der Waals surface area contributed by atoms with Gasteiger partial charge < -0.3 is 4.90 Å². The van der Waals surface area contributed by atoms with Crippen molar-refractivity contribution in [2.24, 2.45) is 0 Å². The first-order valence-corrected chi connectivity index (χ1v) is 15.4. The Morgan fingerprint density at radius 1 is 0.364 bits per heavy atom. The number of anilines is 3. The van der Waals surface area contributed by atoms with Gasteiger partial charge in [-0.25, -0.2) is 0 Å². The molecule has 0 atom stereocenters. The molecule has 1 aliphatic carbocycles. The number of hydrogen-bond donors (Lipinski definition) is 0. The summed E-state index contributed by atoms with van der Waals surface area (Å²) in [4.78, 5) is 2.34. The molecule has 0 bridgehead atoms. The van der Waals surface area contributed by atoms with Gasteiger partial charge >= 0.3 is 0 Å². The predicted molar refractivity (Wildman–Crippen MR) is 187 cm³/mol. The second-order valence-corrected chi connectivity index (χ2v) is 12.3. The third kappa shape index (κ3) is 4.41.